The maximum Gasteiger partial charge on any atom is 0.241 e. The summed E-state index contributed by atoms with van der Waals surface area (Å²) in [4.78, 5) is 29.6. The van der Waals surface area contributed by atoms with Gasteiger partial charge in [0.25, 0.3) is 0 Å². The van der Waals surface area contributed by atoms with E-state index in [0.717, 1.165) is 43.1 Å². The molecule has 0 radical (unpaired) electrons. The van der Waals surface area contributed by atoms with Gasteiger partial charge < -0.3 is 14.6 Å². The zero-order chi connectivity index (χ0) is 21.5. The zero-order valence-electron chi connectivity index (χ0n) is 17.4. The molecule has 3 aromatic rings. The van der Waals surface area contributed by atoms with Crippen LogP contribution in [0.25, 0.3) is 0 Å². The number of benzene rings is 2. The predicted molar refractivity (Wildman–Crippen MR) is 121 cm³/mol. The number of anilines is 2. The predicted octanol–water partition coefficient (Wildman–Crippen LogP) is 4.16. The maximum absolute atomic E-state index is 13.2. The first-order valence-corrected chi connectivity index (χ1v) is 10.6. The van der Waals surface area contributed by atoms with Gasteiger partial charge in [-0.3, -0.25) is 14.5 Å². The lowest BCUT2D eigenvalue weighted by molar-refractivity contribution is -0.122. The third-order valence-corrected chi connectivity index (χ3v) is 5.62. The number of hydrogen-bond acceptors (Lipinski definition) is 4. The van der Waals surface area contributed by atoms with E-state index in [2.05, 4.69) is 10.2 Å². The lowest BCUT2D eigenvalue weighted by Crippen LogP contribution is -2.44. The summed E-state index contributed by atoms with van der Waals surface area (Å²) in [6.07, 6.45) is 3.11. The van der Waals surface area contributed by atoms with Gasteiger partial charge in [0, 0.05) is 17.3 Å². The molecule has 1 saturated heterocycles. The van der Waals surface area contributed by atoms with Gasteiger partial charge in [-0.25, -0.2) is 0 Å². The topological polar surface area (TPSA) is 65.8 Å². The van der Waals surface area contributed by atoms with Gasteiger partial charge in [0.15, 0.2) is 0 Å². The number of rotatable bonds is 7. The summed E-state index contributed by atoms with van der Waals surface area (Å²) in [5.41, 5.74) is 1.67. The number of para-hydroxylation sites is 2. The van der Waals surface area contributed by atoms with Crippen LogP contribution in [0.15, 0.2) is 83.5 Å². The van der Waals surface area contributed by atoms with Crippen molar-refractivity contribution in [2.24, 2.45) is 5.92 Å². The second-order valence-electron chi connectivity index (χ2n) is 7.80. The van der Waals surface area contributed by atoms with Gasteiger partial charge in [-0.2, -0.15) is 0 Å². The molecule has 160 valence electrons. The molecule has 0 unspecified atom stereocenters. The molecular formula is C25H27N3O3. The van der Waals surface area contributed by atoms with E-state index in [9.17, 15) is 9.59 Å². The molecule has 1 aromatic heterocycles. The molecule has 0 saturated carbocycles. The Kier molecular flexibility index (Phi) is 6.79. The van der Waals surface area contributed by atoms with Crippen molar-refractivity contribution in [3.05, 3.63) is 84.8 Å². The average molecular weight is 418 g/mol. The Morgan fingerprint density at radius 1 is 0.935 bits per heavy atom. The van der Waals surface area contributed by atoms with Crippen LogP contribution in [0.5, 0.6) is 0 Å². The van der Waals surface area contributed by atoms with Gasteiger partial charge in [-0.1, -0.05) is 36.4 Å². The van der Waals surface area contributed by atoms with E-state index in [0.29, 0.717) is 13.1 Å². The second-order valence-corrected chi connectivity index (χ2v) is 7.80. The van der Waals surface area contributed by atoms with E-state index < -0.39 is 0 Å². The Balaban J connectivity index is 1.33. The molecule has 31 heavy (non-hydrogen) atoms. The summed E-state index contributed by atoms with van der Waals surface area (Å²) in [6, 6.07) is 22.9. The number of nitrogens with zero attached hydrogens (tertiary/aromatic N) is 2. The summed E-state index contributed by atoms with van der Waals surface area (Å²) in [6.45, 7) is 2.17. The number of carbonyl (C=O) groups is 2. The minimum Gasteiger partial charge on any atom is -0.467 e. The fraction of sp³-hybridized carbons (Fsp3) is 0.280. The normalized spacial score (nSPS) is 14.8. The molecule has 6 nitrogen and oxygen atoms in total. The molecule has 1 fully saturated rings. The van der Waals surface area contributed by atoms with Crippen LogP contribution in [0.2, 0.25) is 0 Å². The highest BCUT2D eigenvalue weighted by Crippen LogP contribution is 2.21. The molecule has 1 aliphatic heterocycles. The van der Waals surface area contributed by atoms with E-state index in [1.165, 1.54) is 0 Å². The summed E-state index contributed by atoms with van der Waals surface area (Å²) in [7, 11) is 0. The van der Waals surface area contributed by atoms with Crippen molar-refractivity contribution in [3.8, 4) is 0 Å². The fourth-order valence-electron chi connectivity index (χ4n) is 3.89. The first-order valence-electron chi connectivity index (χ1n) is 10.6. The van der Waals surface area contributed by atoms with E-state index in [4.69, 9.17) is 4.42 Å². The highest BCUT2D eigenvalue weighted by atomic mass is 16.3. The van der Waals surface area contributed by atoms with Crippen molar-refractivity contribution in [2.75, 3.05) is 29.9 Å². The van der Waals surface area contributed by atoms with Gasteiger partial charge in [-0.15, -0.1) is 0 Å². The van der Waals surface area contributed by atoms with E-state index in [1.807, 2.05) is 72.8 Å². The molecule has 0 bridgehead atoms. The molecule has 1 aliphatic rings. The first-order chi connectivity index (χ1) is 15.2. The van der Waals surface area contributed by atoms with Crippen LogP contribution in [-0.4, -0.2) is 36.3 Å². The highest BCUT2D eigenvalue weighted by molar-refractivity contribution is 5.95. The summed E-state index contributed by atoms with van der Waals surface area (Å²) in [5, 5.41) is 2.99. The van der Waals surface area contributed by atoms with Crippen molar-refractivity contribution in [1.29, 1.82) is 0 Å². The largest absolute Gasteiger partial charge is 0.467 e. The van der Waals surface area contributed by atoms with Crippen molar-refractivity contribution in [1.82, 2.24) is 4.90 Å². The fourth-order valence-corrected chi connectivity index (χ4v) is 3.89. The number of hydrogen-bond donors (Lipinski definition) is 1. The van der Waals surface area contributed by atoms with Crippen LogP contribution < -0.4 is 10.2 Å². The zero-order valence-corrected chi connectivity index (χ0v) is 17.4. The van der Waals surface area contributed by atoms with Crippen molar-refractivity contribution < 1.29 is 14.0 Å². The molecule has 1 N–H and O–H groups in total. The molecule has 2 aromatic carbocycles. The second kappa shape index (κ2) is 10.1. The number of amides is 2. The number of likely N-dealkylation sites (tertiary alicyclic amines) is 1. The van der Waals surface area contributed by atoms with Crippen LogP contribution >= 0.6 is 0 Å². The number of carbonyl (C=O) groups excluding carboxylic acids is 2. The number of furan rings is 1. The highest BCUT2D eigenvalue weighted by Gasteiger charge is 2.27. The van der Waals surface area contributed by atoms with Crippen LogP contribution in [0, 0.1) is 5.92 Å². The molecule has 0 spiro atoms. The molecule has 4 rings (SSSR count). The van der Waals surface area contributed by atoms with Crippen LogP contribution in [-0.2, 0) is 16.1 Å². The van der Waals surface area contributed by atoms with Gasteiger partial charge >= 0.3 is 0 Å². The number of nitrogens with one attached hydrogen (secondary N) is 1. The Hall–Kier alpha value is -3.38. The van der Waals surface area contributed by atoms with Crippen LogP contribution in [0.1, 0.15) is 18.6 Å². The lowest BCUT2D eigenvalue weighted by atomic mass is 9.95. The van der Waals surface area contributed by atoms with E-state index in [-0.39, 0.29) is 17.7 Å². The van der Waals surface area contributed by atoms with E-state index >= 15 is 0 Å². The third kappa shape index (κ3) is 5.61. The quantitative estimate of drug-likeness (QED) is 0.627. The summed E-state index contributed by atoms with van der Waals surface area (Å²) in [5.74, 6) is 0.795. The van der Waals surface area contributed by atoms with Gasteiger partial charge in [0.2, 0.25) is 11.8 Å². The summed E-state index contributed by atoms with van der Waals surface area (Å²) >= 11 is 0. The minimum absolute atomic E-state index is 0.0230. The Bertz CT molecular complexity index is 966. The molecule has 6 heteroatoms. The standard InChI is InChI=1S/C25H27N3O3/c29-24(28(18-23-12-7-17-31-23)22-10-5-2-6-11-22)19-27-15-13-20(14-16-27)25(30)26-21-8-3-1-4-9-21/h1-12,17,20H,13-16,18-19H2,(H,26,30). The summed E-state index contributed by atoms with van der Waals surface area (Å²) < 4.78 is 5.46. The van der Waals surface area contributed by atoms with Gasteiger partial charge in [0.1, 0.15) is 5.76 Å². The Morgan fingerprint density at radius 2 is 1.61 bits per heavy atom. The Labute approximate surface area is 182 Å². The SMILES string of the molecule is O=C(Nc1ccccc1)C1CCN(CC(=O)N(Cc2ccco2)c2ccccc2)CC1. The molecule has 2 amide bonds. The van der Waals surface area contributed by atoms with Crippen LogP contribution in [0.4, 0.5) is 11.4 Å². The lowest BCUT2D eigenvalue weighted by Gasteiger charge is -2.32. The van der Waals surface area contributed by atoms with Crippen molar-refractivity contribution >= 4 is 23.2 Å². The first kappa shape index (κ1) is 20.9. The van der Waals surface area contributed by atoms with Crippen molar-refractivity contribution in [3.63, 3.8) is 0 Å². The van der Waals surface area contributed by atoms with E-state index in [1.54, 1.807) is 11.2 Å². The monoisotopic (exact) mass is 417 g/mol. The average Bonchev–Trinajstić information content (AvgIpc) is 3.32. The molecule has 2 heterocycles. The molecule has 0 atom stereocenters. The minimum atomic E-state index is -0.0279. The smallest absolute Gasteiger partial charge is 0.241 e. The maximum atomic E-state index is 13.2. The Morgan fingerprint density at radius 3 is 2.26 bits per heavy atom. The number of piperidine rings is 1. The van der Waals surface area contributed by atoms with Gasteiger partial charge in [0.05, 0.1) is 19.4 Å². The van der Waals surface area contributed by atoms with Crippen molar-refractivity contribution in [2.45, 2.75) is 19.4 Å². The third-order valence-electron chi connectivity index (χ3n) is 5.62. The van der Waals surface area contributed by atoms with Crippen LogP contribution in [0.3, 0.4) is 0 Å². The molecular weight excluding hydrogens is 390 g/mol. The molecule has 0 aliphatic carbocycles. The van der Waals surface area contributed by atoms with Gasteiger partial charge in [-0.05, 0) is 62.3 Å².